The first kappa shape index (κ1) is 15.4. The van der Waals surface area contributed by atoms with Crippen LogP contribution in [0.1, 0.15) is 5.56 Å². The third-order valence-corrected chi connectivity index (χ3v) is 3.02. The van der Waals surface area contributed by atoms with E-state index in [9.17, 15) is 9.18 Å². The van der Waals surface area contributed by atoms with Crippen molar-refractivity contribution in [3.8, 4) is 11.5 Å². The second-order valence-corrected chi connectivity index (χ2v) is 4.88. The van der Waals surface area contributed by atoms with Crippen molar-refractivity contribution in [2.45, 2.75) is 0 Å². The Hall–Kier alpha value is -2.04. The zero-order valence-corrected chi connectivity index (χ0v) is 12.0. The van der Waals surface area contributed by atoms with Gasteiger partial charge in [-0.1, -0.05) is 23.2 Å². The van der Waals surface area contributed by atoms with Gasteiger partial charge in [0.1, 0.15) is 17.3 Å². The lowest BCUT2D eigenvalue weighted by Crippen LogP contribution is -1.90. The van der Waals surface area contributed by atoms with Gasteiger partial charge in [-0.2, -0.15) is 0 Å². The maximum absolute atomic E-state index is 13.1. The van der Waals surface area contributed by atoms with Gasteiger partial charge in [0.05, 0.1) is 5.02 Å². The summed E-state index contributed by atoms with van der Waals surface area (Å²) in [5.41, 5.74) is 0.516. The summed E-state index contributed by atoms with van der Waals surface area (Å²) >= 11 is 11.6. The average molecular weight is 327 g/mol. The molecular formula is C15H9Cl2FO3. The molecule has 0 saturated carbocycles. The molecule has 6 heteroatoms. The third kappa shape index (κ3) is 4.21. The minimum Gasteiger partial charge on any atom is -0.478 e. The van der Waals surface area contributed by atoms with E-state index in [1.165, 1.54) is 30.3 Å². The highest BCUT2D eigenvalue weighted by molar-refractivity contribution is 6.31. The zero-order chi connectivity index (χ0) is 15.4. The fraction of sp³-hybridized carbons (Fsp3) is 0. The fourth-order valence-corrected chi connectivity index (χ4v) is 1.90. The second-order valence-electron chi connectivity index (χ2n) is 4.03. The van der Waals surface area contributed by atoms with Crippen molar-refractivity contribution in [1.82, 2.24) is 0 Å². The highest BCUT2D eigenvalue weighted by atomic mass is 35.5. The van der Waals surface area contributed by atoms with E-state index >= 15 is 0 Å². The number of ether oxygens (including phenoxy) is 1. The van der Waals surface area contributed by atoms with E-state index < -0.39 is 11.8 Å². The molecule has 1 N–H and O–H groups in total. The minimum absolute atomic E-state index is 0.0721. The van der Waals surface area contributed by atoms with Gasteiger partial charge in [0, 0.05) is 28.8 Å². The van der Waals surface area contributed by atoms with E-state index in [0.29, 0.717) is 22.1 Å². The van der Waals surface area contributed by atoms with Crippen molar-refractivity contribution in [3.63, 3.8) is 0 Å². The molecule has 2 rings (SSSR count). The average Bonchev–Trinajstić information content (AvgIpc) is 2.42. The van der Waals surface area contributed by atoms with Crippen molar-refractivity contribution < 1.29 is 19.0 Å². The van der Waals surface area contributed by atoms with Gasteiger partial charge >= 0.3 is 5.97 Å². The van der Waals surface area contributed by atoms with Gasteiger partial charge in [-0.15, -0.1) is 0 Å². The highest BCUT2D eigenvalue weighted by Gasteiger charge is 2.07. The quantitative estimate of drug-likeness (QED) is 0.802. The summed E-state index contributed by atoms with van der Waals surface area (Å²) in [6.07, 6.45) is 2.35. The number of hydrogen-bond donors (Lipinski definition) is 1. The van der Waals surface area contributed by atoms with E-state index in [4.69, 9.17) is 33.0 Å². The van der Waals surface area contributed by atoms with Crippen molar-refractivity contribution in [2.75, 3.05) is 0 Å². The van der Waals surface area contributed by atoms with E-state index in [1.807, 2.05) is 0 Å². The topological polar surface area (TPSA) is 46.5 Å². The van der Waals surface area contributed by atoms with E-state index in [2.05, 4.69) is 0 Å². The molecule has 108 valence electrons. The van der Waals surface area contributed by atoms with Gasteiger partial charge in [-0.05, 0) is 30.3 Å². The Kier molecular flexibility index (Phi) is 4.83. The lowest BCUT2D eigenvalue weighted by molar-refractivity contribution is -0.131. The van der Waals surface area contributed by atoms with Gasteiger partial charge in [0.25, 0.3) is 0 Å². The smallest absolute Gasteiger partial charge is 0.328 e. The summed E-state index contributed by atoms with van der Waals surface area (Å²) in [6, 6.07) is 8.65. The van der Waals surface area contributed by atoms with Crippen LogP contribution in [0.4, 0.5) is 4.39 Å². The molecule has 0 aliphatic heterocycles. The van der Waals surface area contributed by atoms with Crippen LogP contribution in [0.3, 0.4) is 0 Å². The Morgan fingerprint density at radius 3 is 2.62 bits per heavy atom. The number of aliphatic carboxylic acids is 1. The van der Waals surface area contributed by atoms with Gasteiger partial charge in [0.15, 0.2) is 0 Å². The molecule has 21 heavy (non-hydrogen) atoms. The minimum atomic E-state index is -1.08. The molecule has 0 unspecified atom stereocenters. The molecule has 0 aromatic heterocycles. The maximum atomic E-state index is 13.1. The third-order valence-electron chi connectivity index (χ3n) is 2.50. The number of carboxylic acids is 1. The molecule has 3 nitrogen and oxygen atoms in total. The normalized spacial score (nSPS) is 10.8. The lowest BCUT2D eigenvalue weighted by Gasteiger charge is -2.10. The van der Waals surface area contributed by atoms with Gasteiger partial charge in [-0.3, -0.25) is 0 Å². The predicted molar refractivity (Wildman–Crippen MR) is 79.6 cm³/mol. The Balaban J connectivity index is 2.35. The van der Waals surface area contributed by atoms with Crippen molar-refractivity contribution >= 4 is 35.2 Å². The van der Waals surface area contributed by atoms with Crippen LogP contribution in [0.15, 0.2) is 42.5 Å². The first-order valence-corrected chi connectivity index (χ1v) is 6.55. The molecule has 0 aliphatic rings. The number of carboxylic acid groups (broad SMARTS) is 1. The van der Waals surface area contributed by atoms with E-state index in [1.54, 1.807) is 12.1 Å². The van der Waals surface area contributed by atoms with Crippen LogP contribution < -0.4 is 4.74 Å². The first-order chi connectivity index (χ1) is 9.95. The van der Waals surface area contributed by atoms with Crippen molar-refractivity contribution in [1.29, 1.82) is 0 Å². The van der Waals surface area contributed by atoms with Crippen LogP contribution in [-0.2, 0) is 4.79 Å². The fourth-order valence-electron chi connectivity index (χ4n) is 1.56. The number of benzene rings is 2. The molecule has 0 saturated heterocycles. The molecule has 0 radical (unpaired) electrons. The molecular weight excluding hydrogens is 318 g/mol. The van der Waals surface area contributed by atoms with Crippen LogP contribution >= 0.6 is 23.2 Å². The van der Waals surface area contributed by atoms with Crippen LogP contribution in [0.2, 0.25) is 10.0 Å². The van der Waals surface area contributed by atoms with Crippen LogP contribution in [0.25, 0.3) is 6.08 Å². The molecule has 0 spiro atoms. The molecule has 0 bridgehead atoms. The van der Waals surface area contributed by atoms with Crippen LogP contribution in [-0.4, -0.2) is 11.1 Å². The zero-order valence-electron chi connectivity index (χ0n) is 10.5. The number of halogens is 3. The van der Waals surface area contributed by atoms with Gasteiger partial charge < -0.3 is 9.84 Å². The highest BCUT2D eigenvalue weighted by Crippen LogP contribution is 2.31. The summed E-state index contributed by atoms with van der Waals surface area (Å²) < 4.78 is 18.7. The van der Waals surface area contributed by atoms with Gasteiger partial charge in [-0.25, -0.2) is 9.18 Å². The van der Waals surface area contributed by atoms with E-state index in [0.717, 1.165) is 6.08 Å². The summed E-state index contributed by atoms with van der Waals surface area (Å²) in [7, 11) is 0. The van der Waals surface area contributed by atoms with Crippen molar-refractivity contribution in [2.24, 2.45) is 0 Å². The van der Waals surface area contributed by atoms with E-state index in [-0.39, 0.29) is 5.02 Å². The van der Waals surface area contributed by atoms with Crippen LogP contribution in [0, 0.1) is 5.82 Å². The summed E-state index contributed by atoms with van der Waals surface area (Å²) in [5.74, 6) is -0.988. The molecule has 2 aromatic rings. The van der Waals surface area contributed by atoms with Gasteiger partial charge in [0.2, 0.25) is 0 Å². The number of hydrogen-bond acceptors (Lipinski definition) is 2. The Bertz CT molecular complexity index is 714. The number of rotatable bonds is 4. The summed E-state index contributed by atoms with van der Waals surface area (Å²) in [6.45, 7) is 0. The Morgan fingerprint density at radius 2 is 1.95 bits per heavy atom. The van der Waals surface area contributed by atoms with Crippen molar-refractivity contribution in [3.05, 3.63) is 63.9 Å². The second kappa shape index (κ2) is 6.61. The Morgan fingerprint density at radius 1 is 1.19 bits per heavy atom. The largest absolute Gasteiger partial charge is 0.478 e. The predicted octanol–water partition coefficient (Wildman–Crippen LogP) is 5.02. The molecule has 0 aliphatic carbocycles. The summed E-state index contributed by atoms with van der Waals surface area (Å²) in [4.78, 5) is 10.6. The molecule has 0 fully saturated rings. The standard InChI is InChI=1S/C15H9Cl2FO3/c16-10-3-1-9(2-6-15(19)20)14(7-10)21-11-4-5-13(18)12(17)8-11/h1-8H,(H,19,20)/b6-2+. The van der Waals surface area contributed by atoms with Crippen LogP contribution in [0.5, 0.6) is 11.5 Å². The monoisotopic (exact) mass is 326 g/mol. The summed E-state index contributed by atoms with van der Waals surface area (Å²) in [5, 5.41) is 9.01. The number of carbonyl (C=O) groups is 1. The first-order valence-electron chi connectivity index (χ1n) is 5.79. The maximum Gasteiger partial charge on any atom is 0.328 e. The molecule has 0 atom stereocenters. The molecule has 2 aromatic carbocycles. The SMILES string of the molecule is O=C(O)/C=C/c1ccc(Cl)cc1Oc1ccc(F)c(Cl)c1. The molecule has 0 amide bonds. The molecule has 0 heterocycles. The lowest BCUT2D eigenvalue weighted by atomic mass is 10.2. The Labute approximate surface area is 130 Å².